The number of hydrogen-bond acceptors (Lipinski definition) is 4. The van der Waals surface area contributed by atoms with Crippen LogP contribution >= 0.6 is 0 Å². The number of carbonyl (C=O) groups excluding carboxylic acids is 2. The maximum absolute atomic E-state index is 12.1. The minimum atomic E-state index is -0.280. The molecule has 126 valence electrons. The minimum Gasteiger partial charge on any atom is -0.496 e. The zero-order chi connectivity index (χ0) is 17.4. The summed E-state index contributed by atoms with van der Waals surface area (Å²) in [7, 11) is 3.05. The third-order valence-electron chi connectivity index (χ3n) is 3.37. The molecule has 24 heavy (non-hydrogen) atoms. The van der Waals surface area contributed by atoms with Gasteiger partial charge >= 0.3 is 0 Å². The van der Waals surface area contributed by atoms with Gasteiger partial charge in [-0.1, -0.05) is 24.3 Å². The third kappa shape index (κ3) is 4.49. The summed E-state index contributed by atoms with van der Waals surface area (Å²) in [4.78, 5) is 24.1. The van der Waals surface area contributed by atoms with Gasteiger partial charge in [0.2, 0.25) is 5.91 Å². The second kappa shape index (κ2) is 8.57. The number of anilines is 1. The van der Waals surface area contributed by atoms with Gasteiger partial charge in [0.25, 0.3) is 5.91 Å². The van der Waals surface area contributed by atoms with Gasteiger partial charge in [0.05, 0.1) is 25.5 Å². The zero-order valence-electron chi connectivity index (χ0n) is 13.7. The Morgan fingerprint density at radius 1 is 0.917 bits per heavy atom. The van der Waals surface area contributed by atoms with Gasteiger partial charge in [-0.15, -0.1) is 0 Å². The Bertz CT molecular complexity index is 716. The van der Waals surface area contributed by atoms with Crippen LogP contribution in [0, 0.1) is 0 Å². The van der Waals surface area contributed by atoms with Crippen molar-refractivity contribution in [1.29, 1.82) is 0 Å². The molecule has 0 bridgehead atoms. The quantitative estimate of drug-likeness (QED) is 0.818. The molecule has 0 aromatic heterocycles. The van der Waals surface area contributed by atoms with E-state index in [0.717, 1.165) is 0 Å². The van der Waals surface area contributed by atoms with Gasteiger partial charge in [-0.05, 0) is 24.3 Å². The van der Waals surface area contributed by atoms with E-state index in [1.54, 1.807) is 43.5 Å². The van der Waals surface area contributed by atoms with E-state index in [9.17, 15) is 9.59 Å². The Labute approximate surface area is 140 Å². The highest BCUT2D eigenvalue weighted by atomic mass is 16.5. The standard InChI is InChI=1S/C18H20N2O4/c1-23-15-9-5-3-7-13(15)18(22)19-12-11-17(21)20-14-8-4-6-10-16(14)24-2/h3-10H,11-12H2,1-2H3,(H,19,22)(H,20,21). The van der Waals surface area contributed by atoms with E-state index in [0.29, 0.717) is 22.7 Å². The summed E-state index contributed by atoms with van der Waals surface area (Å²) in [5.74, 6) is 0.592. The van der Waals surface area contributed by atoms with Crippen LogP contribution in [0.5, 0.6) is 11.5 Å². The summed E-state index contributed by atoms with van der Waals surface area (Å²) in [5.41, 5.74) is 1.03. The summed E-state index contributed by atoms with van der Waals surface area (Å²) in [6.45, 7) is 0.220. The smallest absolute Gasteiger partial charge is 0.255 e. The average Bonchev–Trinajstić information content (AvgIpc) is 2.62. The van der Waals surface area contributed by atoms with Crippen molar-refractivity contribution in [1.82, 2.24) is 5.32 Å². The summed E-state index contributed by atoms with van der Waals surface area (Å²) < 4.78 is 10.3. The first-order valence-electron chi connectivity index (χ1n) is 7.49. The molecule has 0 aliphatic heterocycles. The topological polar surface area (TPSA) is 76.7 Å². The molecule has 0 saturated heterocycles. The second-order valence-corrected chi connectivity index (χ2v) is 4.95. The Balaban J connectivity index is 1.85. The van der Waals surface area contributed by atoms with Gasteiger partial charge in [0, 0.05) is 13.0 Å². The molecule has 6 nitrogen and oxygen atoms in total. The molecule has 0 radical (unpaired) electrons. The predicted octanol–water partition coefficient (Wildman–Crippen LogP) is 2.46. The molecule has 0 aliphatic rings. The fourth-order valence-corrected chi connectivity index (χ4v) is 2.18. The molecule has 2 aromatic rings. The first kappa shape index (κ1) is 17.3. The lowest BCUT2D eigenvalue weighted by molar-refractivity contribution is -0.116. The fourth-order valence-electron chi connectivity index (χ4n) is 2.18. The number of amides is 2. The summed E-state index contributed by atoms with van der Waals surface area (Å²) >= 11 is 0. The van der Waals surface area contributed by atoms with Crippen LogP contribution in [-0.4, -0.2) is 32.6 Å². The van der Waals surface area contributed by atoms with Crippen LogP contribution in [0.1, 0.15) is 16.8 Å². The predicted molar refractivity (Wildman–Crippen MR) is 91.6 cm³/mol. The summed E-state index contributed by atoms with van der Waals surface area (Å²) in [6.07, 6.45) is 0.152. The van der Waals surface area contributed by atoms with Crippen LogP contribution in [-0.2, 0) is 4.79 Å². The van der Waals surface area contributed by atoms with E-state index in [1.807, 2.05) is 12.1 Å². The van der Waals surface area contributed by atoms with Crippen molar-refractivity contribution in [2.24, 2.45) is 0 Å². The number of benzene rings is 2. The number of rotatable bonds is 7. The average molecular weight is 328 g/mol. The molecular formula is C18H20N2O4. The van der Waals surface area contributed by atoms with Crippen LogP contribution in [0.25, 0.3) is 0 Å². The van der Waals surface area contributed by atoms with Crippen LogP contribution < -0.4 is 20.1 Å². The summed E-state index contributed by atoms with van der Waals surface area (Å²) in [5, 5.41) is 5.47. The van der Waals surface area contributed by atoms with Crippen molar-refractivity contribution in [3.05, 3.63) is 54.1 Å². The van der Waals surface area contributed by atoms with Crippen LogP contribution in [0.3, 0.4) is 0 Å². The Hall–Kier alpha value is -3.02. The molecule has 0 atom stereocenters. The van der Waals surface area contributed by atoms with Gasteiger partial charge in [0.15, 0.2) is 0 Å². The number of nitrogens with one attached hydrogen (secondary N) is 2. The second-order valence-electron chi connectivity index (χ2n) is 4.95. The van der Waals surface area contributed by atoms with E-state index in [4.69, 9.17) is 9.47 Å². The number of hydrogen-bond donors (Lipinski definition) is 2. The highest BCUT2D eigenvalue weighted by Gasteiger charge is 2.12. The van der Waals surface area contributed by atoms with Crippen LogP contribution in [0.15, 0.2) is 48.5 Å². The number of ether oxygens (including phenoxy) is 2. The largest absolute Gasteiger partial charge is 0.496 e. The van der Waals surface area contributed by atoms with Gasteiger partial charge in [0.1, 0.15) is 11.5 Å². The van der Waals surface area contributed by atoms with Crippen molar-refractivity contribution < 1.29 is 19.1 Å². The normalized spacial score (nSPS) is 9.92. The van der Waals surface area contributed by atoms with Crippen molar-refractivity contribution in [2.45, 2.75) is 6.42 Å². The van der Waals surface area contributed by atoms with Crippen molar-refractivity contribution in [3.63, 3.8) is 0 Å². The van der Waals surface area contributed by atoms with E-state index in [-0.39, 0.29) is 24.8 Å². The third-order valence-corrected chi connectivity index (χ3v) is 3.37. The minimum absolute atomic E-state index is 0.152. The molecule has 0 fully saturated rings. The SMILES string of the molecule is COc1ccccc1NC(=O)CCNC(=O)c1ccccc1OC. The lowest BCUT2D eigenvalue weighted by Crippen LogP contribution is -2.28. The van der Waals surface area contributed by atoms with Gasteiger partial charge < -0.3 is 20.1 Å². The molecule has 2 aromatic carbocycles. The first-order valence-corrected chi connectivity index (χ1v) is 7.49. The molecule has 0 spiro atoms. The van der Waals surface area contributed by atoms with Gasteiger partial charge in [-0.3, -0.25) is 9.59 Å². The Kier molecular flexibility index (Phi) is 6.19. The molecule has 2 amide bonds. The first-order chi connectivity index (χ1) is 11.7. The molecule has 0 unspecified atom stereocenters. The molecule has 2 N–H and O–H groups in total. The van der Waals surface area contributed by atoms with E-state index in [1.165, 1.54) is 7.11 Å². The molecular weight excluding hydrogens is 308 g/mol. The molecule has 0 saturated carbocycles. The zero-order valence-corrected chi connectivity index (χ0v) is 13.7. The lowest BCUT2D eigenvalue weighted by Gasteiger charge is -2.11. The number of carbonyl (C=O) groups is 2. The summed E-state index contributed by atoms with van der Waals surface area (Å²) in [6, 6.07) is 14.1. The lowest BCUT2D eigenvalue weighted by atomic mass is 10.2. The van der Waals surface area contributed by atoms with Crippen LogP contribution in [0.4, 0.5) is 5.69 Å². The molecule has 6 heteroatoms. The van der Waals surface area contributed by atoms with Crippen molar-refractivity contribution in [3.8, 4) is 11.5 Å². The van der Waals surface area contributed by atoms with Gasteiger partial charge in [-0.25, -0.2) is 0 Å². The Morgan fingerprint density at radius 2 is 1.54 bits per heavy atom. The highest BCUT2D eigenvalue weighted by Crippen LogP contribution is 2.23. The maximum atomic E-state index is 12.1. The van der Waals surface area contributed by atoms with Crippen LogP contribution in [0.2, 0.25) is 0 Å². The fraction of sp³-hybridized carbons (Fsp3) is 0.222. The van der Waals surface area contributed by atoms with E-state index in [2.05, 4.69) is 10.6 Å². The van der Waals surface area contributed by atoms with Crippen molar-refractivity contribution >= 4 is 17.5 Å². The number of methoxy groups -OCH3 is 2. The maximum Gasteiger partial charge on any atom is 0.255 e. The number of para-hydroxylation sites is 3. The molecule has 0 aliphatic carbocycles. The van der Waals surface area contributed by atoms with E-state index < -0.39 is 0 Å². The molecule has 2 rings (SSSR count). The van der Waals surface area contributed by atoms with E-state index >= 15 is 0 Å². The molecule has 0 heterocycles. The van der Waals surface area contributed by atoms with Crippen molar-refractivity contribution in [2.75, 3.05) is 26.1 Å². The monoisotopic (exact) mass is 328 g/mol. The van der Waals surface area contributed by atoms with Gasteiger partial charge in [-0.2, -0.15) is 0 Å². The Morgan fingerprint density at radius 3 is 2.25 bits per heavy atom. The highest BCUT2D eigenvalue weighted by molar-refractivity contribution is 5.97.